The maximum atomic E-state index is 12.0. The summed E-state index contributed by atoms with van der Waals surface area (Å²) in [6.07, 6.45) is 2.44. The molecule has 0 saturated carbocycles. The first kappa shape index (κ1) is 17.2. The molecule has 2 N–H and O–H groups in total. The lowest BCUT2D eigenvalue weighted by Crippen LogP contribution is -2.28. The van der Waals surface area contributed by atoms with Crippen LogP contribution in [0.3, 0.4) is 0 Å². The second-order valence-corrected chi connectivity index (χ2v) is 7.52. The quantitative estimate of drug-likeness (QED) is 0.717. The Balaban J connectivity index is 1.50. The topological polar surface area (TPSA) is 70.2 Å². The molecule has 24 heavy (non-hydrogen) atoms. The average Bonchev–Trinajstić information content (AvgIpc) is 3.22. The van der Waals surface area contributed by atoms with Crippen LogP contribution in [0.25, 0.3) is 0 Å². The van der Waals surface area contributed by atoms with E-state index in [1.165, 1.54) is 24.2 Å². The molecule has 1 aliphatic rings. The number of hydrogen-bond acceptors (Lipinski definition) is 6. The smallest absolute Gasteiger partial charge is 0.261 e. The van der Waals surface area contributed by atoms with Crippen molar-refractivity contribution in [1.82, 2.24) is 15.3 Å². The number of carbonyl (C=O) groups is 1. The molecule has 1 saturated heterocycles. The van der Waals surface area contributed by atoms with Gasteiger partial charge in [-0.3, -0.25) is 4.79 Å². The minimum absolute atomic E-state index is 0.0598. The fourth-order valence-electron chi connectivity index (χ4n) is 2.61. The zero-order valence-corrected chi connectivity index (χ0v) is 15.9. The van der Waals surface area contributed by atoms with E-state index < -0.39 is 0 Å². The number of nitrogens with zero attached hydrogens (tertiary/aromatic N) is 3. The molecule has 0 bridgehead atoms. The van der Waals surface area contributed by atoms with Crippen LogP contribution >= 0.6 is 27.3 Å². The van der Waals surface area contributed by atoms with Crippen LogP contribution in [0.15, 0.2) is 22.0 Å². The molecular weight excluding hydrogens is 390 g/mol. The Morgan fingerprint density at radius 3 is 2.79 bits per heavy atom. The zero-order chi connectivity index (χ0) is 16.9. The first-order chi connectivity index (χ1) is 11.6. The number of aryl methyl sites for hydroxylation is 1. The van der Waals surface area contributed by atoms with E-state index in [0.717, 1.165) is 29.1 Å². The Bertz CT molecular complexity index is 714. The molecule has 3 heterocycles. The van der Waals surface area contributed by atoms with E-state index in [0.29, 0.717) is 23.9 Å². The normalized spacial score (nSPS) is 14.0. The third-order valence-electron chi connectivity index (χ3n) is 3.76. The SMILES string of the molecule is Cc1cc(N2CCCC2)nc(NCCNC(=O)c2cc(Br)cs2)n1. The highest BCUT2D eigenvalue weighted by Crippen LogP contribution is 2.20. The van der Waals surface area contributed by atoms with E-state index in [2.05, 4.69) is 41.4 Å². The summed E-state index contributed by atoms with van der Waals surface area (Å²) in [4.78, 5) is 23.9. The van der Waals surface area contributed by atoms with Gasteiger partial charge in [-0.1, -0.05) is 0 Å². The summed E-state index contributed by atoms with van der Waals surface area (Å²) in [7, 11) is 0. The fourth-order valence-corrected chi connectivity index (χ4v) is 3.95. The fraction of sp³-hybridized carbons (Fsp3) is 0.438. The Kier molecular flexibility index (Phi) is 5.68. The van der Waals surface area contributed by atoms with Crippen molar-refractivity contribution in [2.24, 2.45) is 0 Å². The van der Waals surface area contributed by atoms with Crippen LogP contribution < -0.4 is 15.5 Å². The van der Waals surface area contributed by atoms with Crippen molar-refractivity contribution in [3.63, 3.8) is 0 Å². The number of thiophene rings is 1. The number of anilines is 2. The summed E-state index contributed by atoms with van der Waals surface area (Å²) in [5, 5.41) is 7.98. The third kappa shape index (κ3) is 4.45. The van der Waals surface area contributed by atoms with E-state index in [4.69, 9.17) is 0 Å². The molecule has 0 aliphatic carbocycles. The number of rotatable bonds is 6. The molecular formula is C16H20BrN5OS. The zero-order valence-electron chi connectivity index (χ0n) is 13.5. The molecule has 0 atom stereocenters. The maximum Gasteiger partial charge on any atom is 0.261 e. The van der Waals surface area contributed by atoms with Crippen molar-refractivity contribution < 1.29 is 4.79 Å². The number of halogens is 1. The highest BCUT2D eigenvalue weighted by molar-refractivity contribution is 9.10. The van der Waals surface area contributed by atoms with E-state index in [1.54, 1.807) is 0 Å². The maximum absolute atomic E-state index is 12.0. The molecule has 0 aromatic carbocycles. The average molecular weight is 410 g/mol. The first-order valence-electron chi connectivity index (χ1n) is 7.98. The summed E-state index contributed by atoms with van der Waals surface area (Å²) in [5.41, 5.74) is 0.946. The van der Waals surface area contributed by atoms with Gasteiger partial charge in [0.15, 0.2) is 0 Å². The molecule has 0 radical (unpaired) electrons. The molecule has 2 aromatic heterocycles. The van der Waals surface area contributed by atoms with Crippen molar-refractivity contribution in [3.05, 3.63) is 32.6 Å². The predicted molar refractivity (Wildman–Crippen MR) is 101 cm³/mol. The summed E-state index contributed by atoms with van der Waals surface area (Å²) in [5.74, 6) is 1.54. The van der Waals surface area contributed by atoms with Gasteiger partial charge in [0.05, 0.1) is 4.88 Å². The molecule has 1 fully saturated rings. The van der Waals surface area contributed by atoms with Crippen LogP contribution in [0.1, 0.15) is 28.2 Å². The summed E-state index contributed by atoms with van der Waals surface area (Å²) in [6, 6.07) is 3.84. The Morgan fingerprint density at radius 2 is 2.08 bits per heavy atom. The van der Waals surface area contributed by atoms with Gasteiger partial charge in [0.1, 0.15) is 5.82 Å². The highest BCUT2D eigenvalue weighted by Gasteiger charge is 2.15. The molecule has 8 heteroatoms. The minimum Gasteiger partial charge on any atom is -0.356 e. The summed E-state index contributed by atoms with van der Waals surface area (Å²) < 4.78 is 0.929. The molecule has 0 unspecified atom stereocenters. The van der Waals surface area contributed by atoms with Crippen molar-refractivity contribution >= 4 is 44.9 Å². The largest absolute Gasteiger partial charge is 0.356 e. The van der Waals surface area contributed by atoms with Crippen molar-refractivity contribution in [1.29, 1.82) is 0 Å². The van der Waals surface area contributed by atoms with Crippen molar-refractivity contribution in [2.45, 2.75) is 19.8 Å². The van der Waals surface area contributed by atoms with Crippen molar-refractivity contribution in [2.75, 3.05) is 36.4 Å². The van der Waals surface area contributed by atoms with Gasteiger partial charge >= 0.3 is 0 Å². The van der Waals surface area contributed by atoms with Crippen molar-refractivity contribution in [3.8, 4) is 0 Å². The van der Waals surface area contributed by atoms with E-state index in [1.807, 2.05) is 24.4 Å². The number of amides is 1. The molecule has 1 aliphatic heterocycles. The van der Waals surface area contributed by atoms with Crippen LogP contribution in [0, 0.1) is 6.92 Å². The van der Waals surface area contributed by atoms with Gasteiger partial charge in [-0.2, -0.15) is 4.98 Å². The van der Waals surface area contributed by atoms with Gasteiger partial charge in [0, 0.05) is 47.8 Å². The van der Waals surface area contributed by atoms with Crippen LogP contribution in [0.2, 0.25) is 0 Å². The summed E-state index contributed by atoms with van der Waals surface area (Å²) >= 11 is 4.77. The highest BCUT2D eigenvalue weighted by atomic mass is 79.9. The Labute approximate surface area is 153 Å². The van der Waals surface area contributed by atoms with Gasteiger partial charge < -0.3 is 15.5 Å². The van der Waals surface area contributed by atoms with Gasteiger partial charge in [-0.15, -0.1) is 11.3 Å². The van der Waals surface area contributed by atoms with Gasteiger partial charge in [-0.05, 0) is 41.8 Å². The second kappa shape index (κ2) is 7.94. The summed E-state index contributed by atoms with van der Waals surface area (Å²) in [6.45, 7) is 5.19. The standard InChI is InChI=1S/C16H20BrN5OS/c1-11-8-14(22-6-2-3-7-22)21-16(20-11)19-5-4-18-15(23)13-9-12(17)10-24-13/h8-10H,2-7H2,1H3,(H,18,23)(H,19,20,21). The minimum atomic E-state index is -0.0598. The second-order valence-electron chi connectivity index (χ2n) is 5.70. The predicted octanol–water partition coefficient (Wildman–Crippen LogP) is 3.05. The van der Waals surface area contributed by atoms with Gasteiger partial charge in [0.2, 0.25) is 5.95 Å². The number of nitrogens with one attached hydrogen (secondary N) is 2. The lowest BCUT2D eigenvalue weighted by atomic mass is 10.4. The monoisotopic (exact) mass is 409 g/mol. The molecule has 128 valence electrons. The van der Waals surface area contributed by atoms with E-state index in [-0.39, 0.29) is 5.91 Å². The lowest BCUT2D eigenvalue weighted by Gasteiger charge is -2.17. The van der Waals surface area contributed by atoms with E-state index in [9.17, 15) is 4.79 Å². The molecule has 6 nitrogen and oxygen atoms in total. The molecule has 1 amide bonds. The van der Waals surface area contributed by atoms with Crippen LogP contribution in [-0.2, 0) is 0 Å². The van der Waals surface area contributed by atoms with Gasteiger partial charge in [-0.25, -0.2) is 4.98 Å². The third-order valence-corrected chi connectivity index (χ3v) is 5.45. The van der Waals surface area contributed by atoms with Crippen LogP contribution in [-0.4, -0.2) is 42.1 Å². The van der Waals surface area contributed by atoms with Gasteiger partial charge in [0.25, 0.3) is 5.91 Å². The Morgan fingerprint density at radius 1 is 1.29 bits per heavy atom. The first-order valence-corrected chi connectivity index (χ1v) is 9.66. The Hall–Kier alpha value is -1.67. The van der Waals surface area contributed by atoms with Crippen LogP contribution in [0.5, 0.6) is 0 Å². The number of aromatic nitrogens is 2. The van der Waals surface area contributed by atoms with Crippen LogP contribution in [0.4, 0.5) is 11.8 Å². The molecule has 0 spiro atoms. The van der Waals surface area contributed by atoms with E-state index >= 15 is 0 Å². The number of carbonyl (C=O) groups excluding carboxylic acids is 1. The molecule has 3 rings (SSSR count). The molecule has 2 aromatic rings. The number of hydrogen-bond donors (Lipinski definition) is 2. The lowest BCUT2D eigenvalue weighted by molar-refractivity contribution is 0.0959.